The first-order valence-corrected chi connectivity index (χ1v) is 6.88. The lowest BCUT2D eigenvalue weighted by Gasteiger charge is -2.47. The summed E-state index contributed by atoms with van der Waals surface area (Å²) in [6.45, 7) is 8.88. The van der Waals surface area contributed by atoms with Crippen molar-refractivity contribution < 1.29 is 4.74 Å². The third kappa shape index (κ3) is 3.21. The number of ether oxygens (including phenoxy) is 1. The van der Waals surface area contributed by atoms with Crippen LogP contribution < -0.4 is 5.32 Å². The van der Waals surface area contributed by atoms with Crippen molar-refractivity contribution in [1.82, 2.24) is 5.32 Å². The summed E-state index contributed by atoms with van der Waals surface area (Å²) in [5.41, 5.74) is 0.587. The zero-order valence-corrected chi connectivity index (χ0v) is 11.1. The summed E-state index contributed by atoms with van der Waals surface area (Å²) in [4.78, 5) is 0. The Morgan fingerprint density at radius 2 is 2.06 bits per heavy atom. The first kappa shape index (κ1) is 12.4. The molecule has 1 N–H and O–H groups in total. The molecule has 1 saturated carbocycles. The molecule has 1 aliphatic carbocycles. The van der Waals surface area contributed by atoms with Crippen LogP contribution >= 0.6 is 0 Å². The van der Waals surface area contributed by atoms with Crippen LogP contribution in [-0.2, 0) is 4.74 Å². The number of nitrogens with one attached hydrogen (secondary N) is 1. The Hall–Kier alpha value is -0.0800. The largest absolute Gasteiger partial charge is 0.375 e. The molecule has 1 unspecified atom stereocenters. The van der Waals surface area contributed by atoms with E-state index in [2.05, 4.69) is 26.1 Å². The molecule has 2 heteroatoms. The average molecular weight is 225 g/mol. The van der Waals surface area contributed by atoms with Crippen LogP contribution in [0.3, 0.4) is 0 Å². The van der Waals surface area contributed by atoms with E-state index in [9.17, 15) is 0 Å². The zero-order valence-electron chi connectivity index (χ0n) is 11.1. The van der Waals surface area contributed by atoms with Gasteiger partial charge in [0.05, 0.1) is 5.60 Å². The van der Waals surface area contributed by atoms with Gasteiger partial charge in [-0.1, -0.05) is 0 Å². The van der Waals surface area contributed by atoms with Crippen molar-refractivity contribution in [2.24, 2.45) is 5.92 Å². The molecule has 1 heterocycles. The molecule has 2 fully saturated rings. The van der Waals surface area contributed by atoms with E-state index < -0.39 is 0 Å². The third-order valence-electron chi connectivity index (χ3n) is 4.07. The maximum Gasteiger partial charge on any atom is 0.0685 e. The van der Waals surface area contributed by atoms with E-state index in [-0.39, 0.29) is 5.54 Å². The van der Waals surface area contributed by atoms with Gasteiger partial charge in [0.1, 0.15) is 0 Å². The smallest absolute Gasteiger partial charge is 0.0685 e. The predicted octanol–water partition coefficient (Wildman–Crippen LogP) is 3.11. The highest BCUT2D eigenvalue weighted by Crippen LogP contribution is 2.44. The van der Waals surface area contributed by atoms with Gasteiger partial charge in [-0.25, -0.2) is 0 Å². The third-order valence-corrected chi connectivity index (χ3v) is 4.07. The lowest BCUT2D eigenvalue weighted by atomic mass is 9.71. The van der Waals surface area contributed by atoms with Gasteiger partial charge in [0.2, 0.25) is 0 Å². The lowest BCUT2D eigenvalue weighted by molar-refractivity contribution is -0.144. The van der Waals surface area contributed by atoms with Gasteiger partial charge in [-0.05, 0) is 71.8 Å². The molecule has 1 spiro atoms. The van der Waals surface area contributed by atoms with Gasteiger partial charge in [-0.3, -0.25) is 0 Å². The SMILES string of the molecule is CC(C)(C)NCCC1CCOC2(CCC2)C1. The fourth-order valence-electron chi connectivity index (χ4n) is 2.95. The summed E-state index contributed by atoms with van der Waals surface area (Å²) >= 11 is 0. The lowest BCUT2D eigenvalue weighted by Crippen LogP contribution is -2.46. The Morgan fingerprint density at radius 3 is 2.62 bits per heavy atom. The van der Waals surface area contributed by atoms with Crippen LogP contribution in [0.5, 0.6) is 0 Å². The minimum Gasteiger partial charge on any atom is -0.375 e. The highest BCUT2D eigenvalue weighted by atomic mass is 16.5. The Bertz CT molecular complexity index is 227. The molecule has 0 aromatic rings. The van der Waals surface area contributed by atoms with Crippen LogP contribution in [0.1, 0.15) is 59.3 Å². The van der Waals surface area contributed by atoms with Gasteiger partial charge in [0.25, 0.3) is 0 Å². The molecule has 1 atom stereocenters. The second-order valence-corrected chi connectivity index (χ2v) is 6.71. The van der Waals surface area contributed by atoms with E-state index in [1.165, 1.54) is 38.5 Å². The molecule has 0 aromatic heterocycles. The zero-order chi connectivity index (χ0) is 11.6. The molecule has 2 nitrogen and oxygen atoms in total. The second-order valence-electron chi connectivity index (χ2n) is 6.71. The van der Waals surface area contributed by atoms with Gasteiger partial charge in [0.15, 0.2) is 0 Å². The highest BCUT2D eigenvalue weighted by molar-refractivity contribution is 4.94. The van der Waals surface area contributed by atoms with Gasteiger partial charge in [0, 0.05) is 12.1 Å². The number of hydrogen-bond donors (Lipinski definition) is 1. The van der Waals surface area contributed by atoms with Gasteiger partial charge >= 0.3 is 0 Å². The maximum absolute atomic E-state index is 5.96. The van der Waals surface area contributed by atoms with Crippen LogP contribution in [0.2, 0.25) is 0 Å². The summed E-state index contributed by atoms with van der Waals surface area (Å²) in [6.07, 6.45) is 7.92. The van der Waals surface area contributed by atoms with Crippen molar-refractivity contribution >= 4 is 0 Å². The number of rotatable bonds is 3. The minimum absolute atomic E-state index is 0.263. The normalized spacial score (nSPS) is 29.1. The molecule has 0 bridgehead atoms. The van der Waals surface area contributed by atoms with E-state index >= 15 is 0 Å². The fraction of sp³-hybridized carbons (Fsp3) is 1.00. The van der Waals surface area contributed by atoms with E-state index in [1.54, 1.807) is 0 Å². The summed E-state index contributed by atoms with van der Waals surface area (Å²) < 4.78 is 5.96. The second kappa shape index (κ2) is 4.66. The molecule has 0 radical (unpaired) electrons. The summed E-state index contributed by atoms with van der Waals surface area (Å²) in [7, 11) is 0. The fourth-order valence-corrected chi connectivity index (χ4v) is 2.95. The molecule has 2 aliphatic rings. The first-order valence-electron chi connectivity index (χ1n) is 6.88. The monoisotopic (exact) mass is 225 g/mol. The number of hydrogen-bond acceptors (Lipinski definition) is 2. The Morgan fingerprint density at radius 1 is 1.31 bits per heavy atom. The molecule has 0 aromatic carbocycles. The molecular formula is C14H27NO. The van der Waals surface area contributed by atoms with Gasteiger partial charge < -0.3 is 10.1 Å². The van der Waals surface area contributed by atoms with Crippen molar-refractivity contribution in [3.63, 3.8) is 0 Å². The Labute approximate surface area is 100 Å². The Kier molecular flexibility index (Phi) is 3.60. The standard InChI is InChI=1S/C14H27NO/c1-13(2,3)15-9-5-12-6-10-16-14(11-12)7-4-8-14/h12,15H,4-11H2,1-3H3. The van der Waals surface area contributed by atoms with E-state index in [1.807, 2.05) is 0 Å². The maximum atomic E-state index is 5.96. The summed E-state index contributed by atoms with van der Waals surface area (Å²) in [5, 5.41) is 3.59. The van der Waals surface area contributed by atoms with Crippen LogP contribution in [0.4, 0.5) is 0 Å². The minimum atomic E-state index is 0.263. The van der Waals surface area contributed by atoms with Crippen molar-refractivity contribution in [1.29, 1.82) is 0 Å². The van der Waals surface area contributed by atoms with Crippen molar-refractivity contribution in [2.45, 2.75) is 70.4 Å². The summed E-state index contributed by atoms with van der Waals surface area (Å²) in [5.74, 6) is 0.892. The predicted molar refractivity (Wildman–Crippen MR) is 67.6 cm³/mol. The van der Waals surface area contributed by atoms with Crippen LogP contribution in [0.25, 0.3) is 0 Å². The molecule has 1 aliphatic heterocycles. The molecule has 94 valence electrons. The van der Waals surface area contributed by atoms with E-state index in [0.717, 1.165) is 19.1 Å². The molecule has 16 heavy (non-hydrogen) atoms. The van der Waals surface area contributed by atoms with Crippen LogP contribution in [0, 0.1) is 5.92 Å². The summed E-state index contributed by atoms with van der Waals surface area (Å²) in [6, 6.07) is 0. The first-order chi connectivity index (χ1) is 7.49. The van der Waals surface area contributed by atoms with Crippen molar-refractivity contribution in [2.75, 3.05) is 13.2 Å². The van der Waals surface area contributed by atoms with Gasteiger partial charge in [-0.2, -0.15) is 0 Å². The topological polar surface area (TPSA) is 21.3 Å². The molecule has 0 amide bonds. The molecule has 2 rings (SSSR count). The van der Waals surface area contributed by atoms with E-state index in [4.69, 9.17) is 4.74 Å². The van der Waals surface area contributed by atoms with Crippen molar-refractivity contribution in [3.05, 3.63) is 0 Å². The van der Waals surface area contributed by atoms with Crippen molar-refractivity contribution in [3.8, 4) is 0 Å². The molecular weight excluding hydrogens is 198 g/mol. The van der Waals surface area contributed by atoms with E-state index in [0.29, 0.717) is 5.60 Å². The van der Waals surface area contributed by atoms with Gasteiger partial charge in [-0.15, -0.1) is 0 Å². The highest BCUT2D eigenvalue weighted by Gasteiger charge is 2.42. The van der Waals surface area contributed by atoms with Crippen LogP contribution in [0.15, 0.2) is 0 Å². The van der Waals surface area contributed by atoms with Crippen LogP contribution in [-0.4, -0.2) is 24.3 Å². The quantitative estimate of drug-likeness (QED) is 0.797. The average Bonchev–Trinajstić information content (AvgIpc) is 2.14. The Balaban J connectivity index is 1.69. The molecule has 1 saturated heterocycles.